The van der Waals surface area contributed by atoms with Crippen LogP contribution >= 0.6 is 0 Å². The van der Waals surface area contributed by atoms with Gasteiger partial charge in [-0.25, -0.2) is 0 Å². The monoisotopic (exact) mass is 798 g/mol. The molecule has 2 aromatic rings. The summed E-state index contributed by atoms with van der Waals surface area (Å²) >= 11 is 0. The maximum Gasteiger partial charge on any atom is 0.173 e. The number of unbranched alkanes of at least 4 members (excludes halogenated alkanes) is 1. The lowest BCUT2D eigenvalue weighted by Crippen LogP contribution is -2.44. The molecule has 6 nitrogen and oxygen atoms in total. The Morgan fingerprint density at radius 3 is 1.53 bits per heavy atom. The van der Waals surface area contributed by atoms with Gasteiger partial charge in [-0.2, -0.15) is 0 Å². The molecule has 5 rings (SSSR count). The topological polar surface area (TPSA) is 62.0 Å². The summed E-state index contributed by atoms with van der Waals surface area (Å²) in [5, 5.41) is 0. The molecule has 2 aliphatic heterocycles. The van der Waals surface area contributed by atoms with Gasteiger partial charge in [0.2, 0.25) is 0 Å². The van der Waals surface area contributed by atoms with Crippen molar-refractivity contribution in [1.82, 2.24) is 0 Å². The summed E-state index contributed by atoms with van der Waals surface area (Å²) < 4.78 is 37.4. The average molecular weight is 799 g/mol. The van der Waals surface area contributed by atoms with Crippen molar-refractivity contribution in [3.8, 4) is 11.5 Å². The molecular weight excluding hydrogens is 725 g/mol. The van der Waals surface area contributed by atoms with Crippen molar-refractivity contribution in [2.75, 3.05) is 19.8 Å². The second-order valence-corrected chi connectivity index (χ2v) is 37.2. The Morgan fingerprint density at radius 2 is 1.06 bits per heavy atom. The predicted octanol–water partition coefficient (Wildman–Crippen LogP) is 11.9. The van der Waals surface area contributed by atoms with E-state index in [-0.39, 0.29) is 5.41 Å². The number of hydrogen-bond acceptors (Lipinski definition) is 6. The smallest absolute Gasteiger partial charge is 0.173 e. The van der Waals surface area contributed by atoms with Gasteiger partial charge >= 0.3 is 0 Å². The van der Waals surface area contributed by atoms with Gasteiger partial charge in [0, 0.05) is 5.41 Å². The van der Waals surface area contributed by atoms with Gasteiger partial charge in [0.1, 0.15) is 11.5 Å². The number of hydrogen-bond donors (Lipinski definition) is 0. The van der Waals surface area contributed by atoms with Crippen LogP contribution in [0.25, 0.3) is 0 Å². The molecule has 0 bridgehead atoms. The fourth-order valence-electron chi connectivity index (χ4n) is 8.64. The fourth-order valence-corrected chi connectivity index (χ4v) is 26.4. The lowest BCUT2D eigenvalue weighted by Gasteiger charge is -2.35. The summed E-state index contributed by atoms with van der Waals surface area (Å²) in [5.41, 5.74) is 2.43. The minimum atomic E-state index is -1.73. The van der Waals surface area contributed by atoms with Gasteiger partial charge in [0.15, 0.2) is 33.3 Å². The van der Waals surface area contributed by atoms with Gasteiger partial charge in [-0.15, -0.1) is 0 Å². The molecule has 0 aromatic heterocycles. The zero-order valence-corrected chi connectivity index (χ0v) is 39.2. The van der Waals surface area contributed by atoms with Crippen LogP contribution in [-0.4, -0.2) is 71.4 Å². The highest BCUT2D eigenvalue weighted by atomic mass is 28.4. The summed E-state index contributed by atoms with van der Waals surface area (Å²) in [6.45, 7) is 26.3. The van der Waals surface area contributed by atoms with Crippen molar-refractivity contribution in [2.45, 2.75) is 172 Å². The Kier molecular flexibility index (Phi) is 14.8. The molecule has 2 saturated heterocycles. The van der Waals surface area contributed by atoms with E-state index in [1.807, 2.05) is 0 Å². The molecule has 0 spiro atoms. The first-order chi connectivity index (χ1) is 24.9. The lowest BCUT2D eigenvalue weighted by atomic mass is 9.78. The van der Waals surface area contributed by atoms with Crippen molar-refractivity contribution >= 4 is 33.3 Å². The highest BCUT2D eigenvalue weighted by Gasteiger charge is 2.44. The number of benzene rings is 2. The van der Waals surface area contributed by atoms with E-state index in [0.29, 0.717) is 18.3 Å². The Morgan fingerprint density at radius 1 is 0.585 bits per heavy atom. The highest BCUT2D eigenvalue weighted by molar-refractivity contribution is 6.85. The molecule has 0 radical (unpaired) electrons. The maximum atomic E-state index is 6.96. The zero-order valence-electron chi connectivity index (χ0n) is 35.2. The Hall–Kier alpha value is -1.25. The number of ether oxygens (including phenoxy) is 4. The highest BCUT2D eigenvalue weighted by Crippen LogP contribution is 2.42. The zero-order chi connectivity index (χ0) is 38.3. The minimum absolute atomic E-state index is 0.124. The third-order valence-corrected chi connectivity index (χ3v) is 26.9. The van der Waals surface area contributed by atoms with E-state index in [0.717, 1.165) is 62.2 Å². The molecule has 4 atom stereocenters. The van der Waals surface area contributed by atoms with Crippen LogP contribution in [0, 0.1) is 5.92 Å². The van der Waals surface area contributed by atoms with Crippen LogP contribution in [0.15, 0.2) is 48.5 Å². The molecule has 298 valence electrons. The van der Waals surface area contributed by atoms with E-state index in [4.69, 9.17) is 27.2 Å². The first-order valence-corrected chi connectivity index (χ1v) is 33.5. The van der Waals surface area contributed by atoms with Crippen LogP contribution < -0.4 is 9.47 Å². The quantitative estimate of drug-likeness (QED) is 0.0599. The number of fused-ring (bicyclic) bond motifs is 1. The molecule has 0 N–H and O–H groups in total. The molecule has 0 amide bonds. The van der Waals surface area contributed by atoms with Crippen LogP contribution in [0.1, 0.15) is 82.8 Å². The molecule has 1 aliphatic carbocycles. The molecule has 10 heteroatoms. The van der Waals surface area contributed by atoms with E-state index in [1.54, 1.807) is 0 Å². The second kappa shape index (κ2) is 18.3. The Balaban J connectivity index is 0.976. The van der Waals surface area contributed by atoms with Gasteiger partial charge < -0.3 is 27.2 Å². The standard InChI is InChI=1S/C43H74O6Si4/c1-43(2,36-17-21-38(22-18-36)44-27-13-30-51(5,6)48-50(3,4)29-12-11-15-40-34-46-40)37-19-23-39(24-20-37)45-28-14-31-52(7,8)49-53(9,10)32-26-35-16-25-41-42(33-35)47-41/h17-24,35,40-42H,11-16,25-34H2,1-10H3. The van der Waals surface area contributed by atoms with E-state index in [1.165, 1.54) is 68.2 Å². The molecule has 2 heterocycles. The normalized spacial score (nSPS) is 22.0. The molecule has 3 fully saturated rings. The van der Waals surface area contributed by atoms with Gasteiger partial charge in [0.05, 0.1) is 38.1 Å². The van der Waals surface area contributed by atoms with Crippen molar-refractivity contribution in [1.29, 1.82) is 0 Å². The van der Waals surface area contributed by atoms with Gasteiger partial charge in [-0.05, 0) is 156 Å². The largest absolute Gasteiger partial charge is 0.494 e. The van der Waals surface area contributed by atoms with Gasteiger partial charge in [-0.1, -0.05) is 57.4 Å². The van der Waals surface area contributed by atoms with Crippen LogP contribution in [-0.2, 0) is 23.1 Å². The third kappa shape index (κ3) is 14.6. The summed E-state index contributed by atoms with van der Waals surface area (Å²) in [4.78, 5) is 0. The average Bonchev–Trinajstić information content (AvgIpc) is 4.02. The molecular formula is C43H74O6Si4. The summed E-state index contributed by atoms with van der Waals surface area (Å²) in [6, 6.07) is 22.2. The van der Waals surface area contributed by atoms with Crippen molar-refractivity contribution in [3.05, 3.63) is 59.7 Å². The van der Waals surface area contributed by atoms with Crippen LogP contribution in [0.2, 0.25) is 76.6 Å². The Bertz CT molecular complexity index is 1410. The van der Waals surface area contributed by atoms with Crippen molar-refractivity contribution in [3.63, 3.8) is 0 Å². The maximum absolute atomic E-state index is 6.96. The minimum Gasteiger partial charge on any atom is -0.494 e. The van der Waals surface area contributed by atoms with E-state index < -0.39 is 33.3 Å². The van der Waals surface area contributed by atoms with Crippen LogP contribution in [0.3, 0.4) is 0 Å². The number of epoxide rings is 2. The van der Waals surface area contributed by atoms with Crippen LogP contribution in [0.5, 0.6) is 11.5 Å². The molecule has 2 aromatic carbocycles. The molecule has 4 unspecified atom stereocenters. The summed E-state index contributed by atoms with van der Waals surface area (Å²) in [5.74, 6) is 2.73. The van der Waals surface area contributed by atoms with Gasteiger partial charge in [-0.3, -0.25) is 0 Å². The summed E-state index contributed by atoms with van der Waals surface area (Å²) in [7, 11) is -6.74. The van der Waals surface area contributed by atoms with Crippen LogP contribution in [0.4, 0.5) is 0 Å². The van der Waals surface area contributed by atoms with Crippen molar-refractivity contribution < 1.29 is 27.2 Å². The first kappa shape index (κ1) is 42.9. The van der Waals surface area contributed by atoms with Gasteiger partial charge in [0.25, 0.3) is 0 Å². The van der Waals surface area contributed by atoms with E-state index >= 15 is 0 Å². The summed E-state index contributed by atoms with van der Waals surface area (Å²) in [6.07, 6.45) is 12.8. The fraction of sp³-hybridized carbons (Fsp3) is 0.721. The van der Waals surface area contributed by atoms with Crippen molar-refractivity contribution in [2.24, 2.45) is 5.92 Å². The molecule has 3 aliphatic rings. The van der Waals surface area contributed by atoms with E-state index in [9.17, 15) is 0 Å². The Labute approximate surface area is 327 Å². The predicted molar refractivity (Wildman–Crippen MR) is 231 cm³/mol. The first-order valence-electron chi connectivity index (χ1n) is 21.0. The van der Waals surface area contributed by atoms with E-state index in [2.05, 4.69) is 115 Å². The third-order valence-electron chi connectivity index (χ3n) is 11.9. The molecule has 1 saturated carbocycles. The lowest BCUT2D eigenvalue weighted by molar-refractivity contribution is 0.314. The molecule has 53 heavy (non-hydrogen) atoms. The number of rotatable bonds is 24. The second-order valence-electron chi connectivity index (χ2n) is 19.5. The SMILES string of the molecule is CC(C)(c1ccc(OCCC[Si](C)(C)O[Si](C)(C)CCCCC2CO2)cc1)c1ccc(OCCC[Si](C)(C)O[Si](C)(C)CCC2CCC3OC3C2)cc1.